The highest BCUT2D eigenvalue weighted by atomic mass is 32.2. The molecule has 0 aliphatic carbocycles. The third-order valence-corrected chi connectivity index (χ3v) is 8.12. The first-order valence-electron chi connectivity index (χ1n) is 10.9. The Morgan fingerprint density at radius 1 is 1.03 bits per heavy atom. The predicted octanol–water partition coefficient (Wildman–Crippen LogP) is 6.55. The van der Waals surface area contributed by atoms with E-state index in [1.165, 1.54) is 36.6 Å². The van der Waals surface area contributed by atoms with E-state index < -0.39 is 15.8 Å². The van der Waals surface area contributed by atoms with Crippen molar-refractivity contribution in [2.75, 3.05) is 17.1 Å². The van der Waals surface area contributed by atoms with Gasteiger partial charge in [-0.3, -0.25) is 4.72 Å². The first kappa shape index (κ1) is 24.7. The molecule has 3 aromatic carbocycles. The minimum Gasteiger partial charge on any atom is -0.495 e. The largest absolute Gasteiger partial charge is 0.495 e. The maximum absolute atomic E-state index is 14.3. The van der Waals surface area contributed by atoms with Crippen LogP contribution in [0.3, 0.4) is 0 Å². The summed E-state index contributed by atoms with van der Waals surface area (Å²) in [5, 5.41) is 4.14. The summed E-state index contributed by atoms with van der Waals surface area (Å²) < 4.78 is 48.6. The van der Waals surface area contributed by atoms with E-state index in [-0.39, 0.29) is 22.4 Å². The van der Waals surface area contributed by atoms with Crippen molar-refractivity contribution in [2.45, 2.75) is 31.7 Å². The Morgan fingerprint density at radius 3 is 2.46 bits per heavy atom. The van der Waals surface area contributed by atoms with Crippen molar-refractivity contribution in [3.05, 3.63) is 89.4 Å². The number of aryl methyl sites for hydroxylation is 2. The zero-order valence-electron chi connectivity index (χ0n) is 19.8. The number of anilines is 2. The van der Waals surface area contributed by atoms with E-state index in [4.69, 9.17) is 4.74 Å². The monoisotopic (exact) mass is 511 g/mol. The van der Waals surface area contributed by atoms with Crippen LogP contribution in [0.15, 0.2) is 71.6 Å². The number of nitrogens with one attached hydrogen (secondary N) is 2. The molecule has 0 saturated carbocycles. The lowest BCUT2D eigenvalue weighted by molar-refractivity contribution is 0.403. The molecule has 0 aliphatic heterocycles. The van der Waals surface area contributed by atoms with Gasteiger partial charge in [0.05, 0.1) is 29.4 Å². The number of hydrogen-bond acceptors (Lipinski definition) is 6. The van der Waals surface area contributed by atoms with Crippen LogP contribution in [0.1, 0.15) is 29.8 Å². The molecular weight excluding hydrogens is 485 g/mol. The summed E-state index contributed by atoms with van der Waals surface area (Å²) >= 11 is 1.44. The molecule has 0 aliphatic rings. The fourth-order valence-electron chi connectivity index (χ4n) is 3.71. The van der Waals surface area contributed by atoms with E-state index in [2.05, 4.69) is 21.9 Å². The normalized spacial score (nSPS) is 12.3. The molecule has 35 heavy (non-hydrogen) atoms. The fraction of sp³-hybridized carbons (Fsp3) is 0.192. The van der Waals surface area contributed by atoms with Crippen molar-refractivity contribution in [3.8, 4) is 16.2 Å². The number of methoxy groups -OCH3 is 1. The van der Waals surface area contributed by atoms with Crippen molar-refractivity contribution in [2.24, 2.45) is 0 Å². The van der Waals surface area contributed by atoms with Crippen LogP contribution in [0.4, 0.5) is 15.2 Å². The summed E-state index contributed by atoms with van der Waals surface area (Å²) in [7, 11) is -2.74. The van der Waals surface area contributed by atoms with E-state index in [0.717, 1.165) is 21.3 Å². The van der Waals surface area contributed by atoms with Crippen LogP contribution in [0.2, 0.25) is 0 Å². The van der Waals surface area contributed by atoms with E-state index in [9.17, 15) is 12.8 Å². The van der Waals surface area contributed by atoms with Crippen LogP contribution >= 0.6 is 11.3 Å². The maximum atomic E-state index is 14.3. The molecule has 0 saturated heterocycles. The number of ether oxygens (including phenoxy) is 1. The number of nitrogens with zero attached hydrogens (tertiary/aromatic N) is 1. The third kappa shape index (κ3) is 5.31. The quantitative estimate of drug-likeness (QED) is 0.280. The van der Waals surface area contributed by atoms with Crippen molar-refractivity contribution >= 4 is 32.2 Å². The van der Waals surface area contributed by atoms with Crippen molar-refractivity contribution in [1.82, 2.24) is 4.98 Å². The van der Waals surface area contributed by atoms with Gasteiger partial charge in [-0.25, -0.2) is 17.8 Å². The second-order valence-corrected chi connectivity index (χ2v) is 10.8. The van der Waals surface area contributed by atoms with Gasteiger partial charge in [0.1, 0.15) is 16.5 Å². The topological polar surface area (TPSA) is 80.3 Å². The molecule has 9 heteroatoms. The highest BCUT2D eigenvalue weighted by molar-refractivity contribution is 7.92. The first-order valence-corrected chi connectivity index (χ1v) is 13.2. The summed E-state index contributed by atoms with van der Waals surface area (Å²) in [6.45, 7) is 5.57. The van der Waals surface area contributed by atoms with Gasteiger partial charge >= 0.3 is 0 Å². The Hall–Kier alpha value is -3.43. The highest BCUT2D eigenvalue weighted by Gasteiger charge is 2.24. The zero-order valence-corrected chi connectivity index (χ0v) is 21.4. The molecule has 182 valence electrons. The second-order valence-electron chi connectivity index (χ2n) is 8.11. The predicted molar refractivity (Wildman–Crippen MR) is 139 cm³/mol. The number of rotatable bonds is 8. The summed E-state index contributed by atoms with van der Waals surface area (Å²) in [6, 6.07) is 19.4. The van der Waals surface area contributed by atoms with Gasteiger partial charge in [0.2, 0.25) is 0 Å². The standard InChI is InChI=1S/C26H26FN3O3S2/c1-16-9-8-12-21(27)24(16)30-35(31,32)23-15-20(13-14-22(23)33-4)25-18(3)29-26(34-25)28-17(2)19-10-6-5-7-11-19/h5-15,17,30H,1-4H3,(H,28,29). The molecule has 6 nitrogen and oxygen atoms in total. The van der Waals surface area contributed by atoms with E-state index in [1.54, 1.807) is 25.1 Å². The van der Waals surface area contributed by atoms with Crippen LogP contribution in [0.5, 0.6) is 5.75 Å². The van der Waals surface area contributed by atoms with Gasteiger partial charge in [0.15, 0.2) is 5.13 Å². The zero-order chi connectivity index (χ0) is 25.2. The molecule has 4 rings (SSSR count). The Morgan fingerprint density at radius 2 is 1.77 bits per heavy atom. The van der Waals surface area contributed by atoms with Gasteiger partial charge in [-0.1, -0.05) is 53.8 Å². The number of halogens is 1. The van der Waals surface area contributed by atoms with Crippen LogP contribution in [0, 0.1) is 19.7 Å². The third-order valence-electron chi connectivity index (χ3n) is 5.61. The van der Waals surface area contributed by atoms with Gasteiger partial charge < -0.3 is 10.1 Å². The lowest BCUT2D eigenvalue weighted by Crippen LogP contribution is -2.16. The Kier molecular flexibility index (Phi) is 7.09. The molecule has 1 unspecified atom stereocenters. The number of sulfonamides is 1. The summed E-state index contributed by atoms with van der Waals surface area (Å²) in [5.74, 6) is -0.487. The molecule has 1 atom stereocenters. The molecule has 1 aromatic heterocycles. The first-order chi connectivity index (χ1) is 16.7. The molecule has 0 bridgehead atoms. The molecule has 0 spiro atoms. The highest BCUT2D eigenvalue weighted by Crippen LogP contribution is 2.38. The average molecular weight is 512 g/mol. The van der Waals surface area contributed by atoms with E-state index in [0.29, 0.717) is 11.1 Å². The van der Waals surface area contributed by atoms with Gasteiger partial charge in [0.25, 0.3) is 10.0 Å². The van der Waals surface area contributed by atoms with Crippen LogP contribution in [-0.2, 0) is 10.0 Å². The van der Waals surface area contributed by atoms with E-state index in [1.807, 2.05) is 37.3 Å². The number of thiazole rings is 1. The molecule has 1 heterocycles. The van der Waals surface area contributed by atoms with Gasteiger partial charge in [-0.05, 0) is 61.7 Å². The summed E-state index contributed by atoms with van der Waals surface area (Å²) in [6.07, 6.45) is 0. The van der Waals surface area contributed by atoms with Crippen molar-refractivity contribution in [3.63, 3.8) is 0 Å². The molecule has 2 N–H and O–H groups in total. The summed E-state index contributed by atoms with van der Waals surface area (Å²) in [4.78, 5) is 5.38. The Bertz CT molecular complexity index is 1430. The number of hydrogen-bond donors (Lipinski definition) is 2. The Labute approximate surface area is 208 Å². The van der Waals surface area contributed by atoms with Gasteiger partial charge in [-0.15, -0.1) is 0 Å². The van der Waals surface area contributed by atoms with Crippen molar-refractivity contribution in [1.29, 1.82) is 0 Å². The molecule has 0 radical (unpaired) electrons. The van der Waals surface area contributed by atoms with Crippen LogP contribution in [0.25, 0.3) is 10.4 Å². The molecule has 4 aromatic rings. The molecule has 0 amide bonds. The fourth-order valence-corrected chi connectivity index (χ4v) is 6.10. The van der Waals surface area contributed by atoms with Gasteiger partial charge in [0, 0.05) is 0 Å². The van der Waals surface area contributed by atoms with Crippen molar-refractivity contribution < 1.29 is 17.5 Å². The molecule has 0 fully saturated rings. The van der Waals surface area contributed by atoms with Crippen LogP contribution < -0.4 is 14.8 Å². The van der Waals surface area contributed by atoms with Gasteiger partial charge in [-0.2, -0.15) is 0 Å². The average Bonchev–Trinajstić information content (AvgIpc) is 3.21. The SMILES string of the molecule is COc1ccc(-c2sc(NC(C)c3ccccc3)nc2C)cc1S(=O)(=O)Nc1c(C)cccc1F. The second kappa shape index (κ2) is 10.1. The van der Waals surface area contributed by atoms with E-state index >= 15 is 0 Å². The van der Waals surface area contributed by atoms with Crippen LogP contribution in [-0.4, -0.2) is 20.5 Å². The molecular formula is C26H26FN3O3S2. The number of aromatic nitrogens is 1. The minimum absolute atomic E-state index is 0.0506. The smallest absolute Gasteiger partial charge is 0.265 e. The number of para-hydroxylation sites is 1. The Balaban J connectivity index is 1.67. The minimum atomic E-state index is -4.14. The lowest BCUT2D eigenvalue weighted by atomic mass is 10.1. The maximum Gasteiger partial charge on any atom is 0.265 e. The summed E-state index contributed by atoms with van der Waals surface area (Å²) in [5.41, 5.74) is 2.96. The number of benzene rings is 3. The lowest BCUT2D eigenvalue weighted by Gasteiger charge is -2.15.